The zero-order valence-electron chi connectivity index (χ0n) is 11.0. The largest absolute Gasteiger partial charge is 0.464 e. The third-order valence-corrected chi connectivity index (χ3v) is 3.67. The molecule has 3 N–H and O–H groups in total. The highest BCUT2D eigenvalue weighted by atomic mass is 16.3. The van der Waals surface area contributed by atoms with Gasteiger partial charge in [0.05, 0.1) is 12.1 Å². The molecule has 5 heteroatoms. The summed E-state index contributed by atoms with van der Waals surface area (Å²) in [6.45, 7) is 7.02. The average Bonchev–Trinajstić information content (AvgIpc) is 2.95. The molecule has 5 nitrogen and oxygen atoms in total. The first-order valence-corrected chi connectivity index (χ1v) is 6.46. The molecule has 1 aromatic rings. The van der Waals surface area contributed by atoms with Crippen molar-refractivity contribution >= 4 is 5.91 Å². The quantitative estimate of drug-likeness (QED) is 0.482. The first kappa shape index (κ1) is 13.1. The van der Waals surface area contributed by atoms with E-state index in [1.807, 2.05) is 0 Å². The van der Waals surface area contributed by atoms with Gasteiger partial charge < -0.3 is 4.42 Å². The second-order valence-electron chi connectivity index (χ2n) is 4.95. The van der Waals surface area contributed by atoms with Crippen LogP contribution in [0.4, 0.5) is 0 Å². The molecule has 1 unspecified atom stereocenters. The van der Waals surface area contributed by atoms with Crippen molar-refractivity contribution in [1.82, 2.24) is 10.3 Å². The molecule has 1 aliphatic heterocycles. The fourth-order valence-corrected chi connectivity index (χ4v) is 2.53. The Labute approximate surface area is 107 Å². The van der Waals surface area contributed by atoms with Crippen LogP contribution in [0.15, 0.2) is 10.5 Å². The molecule has 0 bridgehead atoms. The van der Waals surface area contributed by atoms with Crippen molar-refractivity contribution < 1.29 is 9.21 Å². The molecule has 0 spiro atoms. The zero-order chi connectivity index (χ0) is 13.1. The van der Waals surface area contributed by atoms with E-state index in [1.54, 1.807) is 13.0 Å². The Balaban J connectivity index is 2.00. The molecule has 1 aromatic heterocycles. The molecule has 0 aliphatic carbocycles. The molecule has 2 rings (SSSR count). The highest BCUT2D eigenvalue weighted by Gasteiger charge is 2.22. The van der Waals surface area contributed by atoms with Crippen molar-refractivity contribution in [3.63, 3.8) is 0 Å². The van der Waals surface area contributed by atoms with E-state index in [2.05, 4.69) is 17.2 Å². The van der Waals surface area contributed by atoms with Crippen molar-refractivity contribution in [3.8, 4) is 0 Å². The van der Waals surface area contributed by atoms with E-state index in [0.717, 1.165) is 31.3 Å². The van der Waals surface area contributed by atoms with Crippen molar-refractivity contribution in [2.45, 2.75) is 33.2 Å². The fraction of sp³-hybridized carbons (Fsp3) is 0.615. The third-order valence-electron chi connectivity index (χ3n) is 3.67. The number of furan rings is 1. The number of nitrogens with two attached hydrogens (primary N) is 1. The molecule has 18 heavy (non-hydrogen) atoms. The summed E-state index contributed by atoms with van der Waals surface area (Å²) in [6, 6.07) is 1.79. The van der Waals surface area contributed by atoms with Gasteiger partial charge in [0.1, 0.15) is 11.5 Å². The van der Waals surface area contributed by atoms with E-state index >= 15 is 0 Å². The minimum absolute atomic E-state index is 0.296. The number of nitrogens with zero attached hydrogens (tertiary/aromatic N) is 1. The summed E-state index contributed by atoms with van der Waals surface area (Å²) in [5.41, 5.74) is 2.66. The number of hydrogen-bond donors (Lipinski definition) is 2. The summed E-state index contributed by atoms with van der Waals surface area (Å²) in [5.74, 6) is 7.09. The van der Waals surface area contributed by atoms with Gasteiger partial charge in [-0.25, -0.2) is 5.84 Å². The number of nitrogens with one attached hydrogen (secondary N) is 1. The van der Waals surface area contributed by atoms with E-state index in [0.29, 0.717) is 11.3 Å². The minimum Gasteiger partial charge on any atom is -0.464 e. The molecule has 1 amide bonds. The predicted octanol–water partition coefficient (Wildman–Crippen LogP) is 1.42. The van der Waals surface area contributed by atoms with Crippen molar-refractivity contribution in [2.24, 2.45) is 11.8 Å². The molecule has 0 aromatic carbocycles. The summed E-state index contributed by atoms with van der Waals surface area (Å²) in [6.07, 6.45) is 2.49. The number of rotatable bonds is 4. The Hall–Kier alpha value is -1.33. The maximum atomic E-state index is 11.5. The standard InChI is InChI=1S/C13H21N3O2/c1-3-10-4-5-16(7-10)8-11-6-12(9(2)18-11)13(17)15-14/h6,10H,3-5,7-8,14H2,1-2H3,(H,15,17). The molecule has 1 saturated heterocycles. The minimum atomic E-state index is -0.296. The maximum absolute atomic E-state index is 11.5. The maximum Gasteiger partial charge on any atom is 0.268 e. The molecule has 0 saturated carbocycles. The van der Waals surface area contributed by atoms with Crippen LogP contribution in [0.3, 0.4) is 0 Å². The van der Waals surface area contributed by atoms with Gasteiger partial charge in [0.25, 0.3) is 5.91 Å². The van der Waals surface area contributed by atoms with Crippen LogP contribution >= 0.6 is 0 Å². The number of nitrogen functional groups attached to an aromatic ring is 1. The summed E-state index contributed by atoms with van der Waals surface area (Å²) in [4.78, 5) is 13.8. The molecule has 1 atom stereocenters. The SMILES string of the molecule is CCC1CCN(Cc2cc(C(=O)NN)c(C)o2)C1. The fourth-order valence-electron chi connectivity index (χ4n) is 2.53. The average molecular weight is 251 g/mol. The van der Waals surface area contributed by atoms with Gasteiger partial charge >= 0.3 is 0 Å². The summed E-state index contributed by atoms with van der Waals surface area (Å²) < 4.78 is 5.61. The van der Waals surface area contributed by atoms with Crippen LogP contribution in [0.1, 0.15) is 41.6 Å². The van der Waals surface area contributed by atoms with Gasteiger partial charge in [0, 0.05) is 6.54 Å². The molecule has 0 radical (unpaired) electrons. The van der Waals surface area contributed by atoms with Gasteiger partial charge in [-0.15, -0.1) is 0 Å². The first-order chi connectivity index (χ1) is 8.63. The lowest BCUT2D eigenvalue weighted by atomic mass is 10.1. The van der Waals surface area contributed by atoms with Gasteiger partial charge in [-0.05, 0) is 31.9 Å². The molecular weight excluding hydrogens is 230 g/mol. The van der Waals surface area contributed by atoms with E-state index in [-0.39, 0.29) is 5.91 Å². The Morgan fingerprint density at radius 2 is 2.44 bits per heavy atom. The molecule has 1 aliphatic rings. The van der Waals surface area contributed by atoms with Gasteiger partial charge in [-0.1, -0.05) is 13.3 Å². The Morgan fingerprint density at radius 1 is 1.67 bits per heavy atom. The molecule has 1 fully saturated rings. The Kier molecular flexibility index (Phi) is 4.04. The van der Waals surface area contributed by atoms with E-state index in [4.69, 9.17) is 10.3 Å². The topological polar surface area (TPSA) is 71.5 Å². The number of carbonyl (C=O) groups is 1. The van der Waals surface area contributed by atoms with Crippen molar-refractivity contribution in [3.05, 3.63) is 23.2 Å². The van der Waals surface area contributed by atoms with Crippen LogP contribution < -0.4 is 11.3 Å². The Morgan fingerprint density at radius 3 is 3.06 bits per heavy atom. The van der Waals surface area contributed by atoms with Crippen LogP contribution in [0, 0.1) is 12.8 Å². The van der Waals surface area contributed by atoms with E-state index in [1.165, 1.54) is 12.8 Å². The van der Waals surface area contributed by atoms with E-state index in [9.17, 15) is 4.79 Å². The first-order valence-electron chi connectivity index (χ1n) is 6.46. The Bertz CT molecular complexity index is 428. The number of amides is 1. The smallest absolute Gasteiger partial charge is 0.268 e. The highest BCUT2D eigenvalue weighted by Crippen LogP contribution is 2.23. The normalized spacial score (nSPS) is 20.3. The van der Waals surface area contributed by atoms with Crippen LogP contribution in [-0.2, 0) is 6.54 Å². The monoisotopic (exact) mass is 251 g/mol. The van der Waals surface area contributed by atoms with Gasteiger partial charge in [-0.2, -0.15) is 0 Å². The van der Waals surface area contributed by atoms with E-state index < -0.39 is 0 Å². The lowest BCUT2D eigenvalue weighted by Gasteiger charge is -2.13. The molecular formula is C13H21N3O2. The number of likely N-dealkylation sites (tertiary alicyclic amines) is 1. The van der Waals surface area contributed by atoms with Crippen LogP contribution in [0.25, 0.3) is 0 Å². The lowest BCUT2D eigenvalue weighted by molar-refractivity contribution is 0.0952. The van der Waals surface area contributed by atoms with Gasteiger partial charge in [0.2, 0.25) is 0 Å². The van der Waals surface area contributed by atoms with Gasteiger partial charge in [0.15, 0.2) is 0 Å². The van der Waals surface area contributed by atoms with Crippen molar-refractivity contribution in [1.29, 1.82) is 0 Å². The summed E-state index contributed by atoms with van der Waals surface area (Å²) in [7, 11) is 0. The third kappa shape index (κ3) is 2.73. The van der Waals surface area contributed by atoms with Crippen molar-refractivity contribution in [2.75, 3.05) is 13.1 Å². The molecule has 2 heterocycles. The second-order valence-corrected chi connectivity index (χ2v) is 4.95. The second kappa shape index (κ2) is 5.54. The number of aryl methyl sites for hydroxylation is 1. The summed E-state index contributed by atoms with van der Waals surface area (Å²) in [5, 5.41) is 0. The number of hydrazine groups is 1. The highest BCUT2D eigenvalue weighted by molar-refractivity contribution is 5.94. The number of carbonyl (C=O) groups excluding carboxylic acids is 1. The molecule has 100 valence electrons. The van der Waals surface area contributed by atoms with Crippen LogP contribution in [-0.4, -0.2) is 23.9 Å². The van der Waals surface area contributed by atoms with Crippen LogP contribution in [0.2, 0.25) is 0 Å². The zero-order valence-corrected chi connectivity index (χ0v) is 11.0. The lowest BCUT2D eigenvalue weighted by Crippen LogP contribution is -2.30. The number of hydrogen-bond acceptors (Lipinski definition) is 4. The summed E-state index contributed by atoms with van der Waals surface area (Å²) >= 11 is 0. The van der Waals surface area contributed by atoms with Crippen LogP contribution in [0.5, 0.6) is 0 Å². The van der Waals surface area contributed by atoms with Gasteiger partial charge in [-0.3, -0.25) is 15.1 Å². The predicted molar refractivity (Wildman–Crippen MR) is 68.8 cm³/mol.